The van der Waals surface area contributed by atoms with E-state index in [4.69, 9.17) is 15.6 Å². The number of aromatic hydroxyl groups is 1. The zero-order chi connectivity index (χ0) is 14.8. The van der Waals surface area contributed by atoms with Gasteiger partial charge in [0.25, 0.3) is 0 Å². The summed E-state index contributed by atoms with van der Waals surface area (Å²) >= 11 is 0. The van der Waals surface area contributed by atoms with E-state index in [-0.39, 0.29) is 23.8 Å². The van der Waals surface area contributed by atoms with Crippen LogP contribution in [-0.2, 0) is 12.7 Å². The molecule has 0 spiro atoms. The van der Waals surface area contributed by atoms with Gasteiger partial charge in [-0.1, -0.05) is 6.07 Å². The molecule has 0 aliphatic carbocycles. The van der Waals surface area contributed by atoms with Crippen molar-refractivity contribution in [2.24, 2.45) is 5.73 Å². The number of hydrogen-bond donors (Lipinski definition) is 2. The first kappa shape index (κ1) is 14.2. The van der Waals surface area contributed by atoms with E-state index in [1.165, 1.54) is 36.4 Å². The monoisotopic (exact) mass is 283 g/mol. The van der Waals surface area contributed by atoms with E-state index in [9.17, 15) is 13.2 Å². The van der Waals surface area contributed by atoms with Gasteiger partial charge in [-0.2, -0.15) is 13.2 Å². The van der Waals surface area contributed by atoms with Crippen LogP contribution in [0.1, 0.15) is 11.1 Å². The lowest BCUT2D eigenvalue weighted by molar-refractivity contribution is -0.138. The summed E-state index contributed by atoms with van der Waals surface area (Å²) in [4.78, 5) is 0. The maximum Gasteiger partial charge on any atom is 0.419 e. The summed E-state index contributed by atoms with van der Waals surface area (Å²) in [5.41, 5.74) is 4.84. The van der Waals surface area contributed by atoms with E-state index >= 15 is 0 Å². The predicted octanol–water partition coefficient (Wildman–Crippen LogP) is 3.66. The van der Waals surface area contributed by atoms with Crippen molar-refractivity contribution in [3.05, 3.63) is 53.6 Å². The molecular weight excluding hydrogens is 271 g/mol. The van der Waals surface area contributed by atoms with Crippen molar-refractivity contribution in [3.8, 4) is 17.2 Å². The lowest BCUT2D eigenvalue weighted by atomic mass is 10.1. The number of phenols is 1. The summed E-state index contributed by atoms with van der Waals surface area (Å²) in [6.07, 6.45) is -4.53. The third kappa shape index (κ3) is 3.21. The molecule has 0 saturated heterocycles. The summed E-state index contributed by atoms with van der Waals surface area (Å²) in [5, 5.41) is 9.13. The highest BCUT2D eigenvalue weighted by Crippen LogP contribution is 2.38. The minimum absolute atomic E-state index is 0.00637. The Kier molecular flexibility index (Phi) is 3.85. The molecule has 0 unspecified atom stereocenters. The number of ether oxygens (including phenoxy) is 1. The van der Waals surface area contributed by atoms with Gasteiger partial charge in [-0.15, -0.1) is 0 Å². The van der Waals surface area contributed by atoms with Crippen LogP contribution in [0.15, 0.2) is 42.5 Å². The Morgan fingerprint density at radius 2 is 1.70 bits per heavy atom. The topological polar surface area (TPSA) is 55.5 Å². The molecule has 0 amide bonds. The van der Waals surface area contributed by atoms with Gasteiger partial charge in [-0.25, -0.2) is 0 Å². The second-order valence-corrected chi connectivity index (χ2v) is 4.13. The average molecular weight is 283 g/mol. The summed E-state index contributed by atoms with van der Waals surface area (Å²) < 4.78 is 44.1. The van der Waals surface area contributed by atoms with Crippen LogP contribution in [0.25, 0.3) is 0 Å². The number of nitrogens with two attached hydrogens (primary N) is 1. The van der Waals surface area contributed by atoms with E-state index < -0.39 is 11.7 Å². The van der Waals surface area contributed by atoms with Gasteiger partial charge in [0.1, 0.15) is 17.2 Å². The van der Waals surface area contributed by atoms with Crippen LogP contribution in [0, 0.1) is 0 Å². The third-order valence-corrected chi connectivity index (χ3v) is 2.65. The molecule has 3 N–H and O–H groups in total. The minimum atomic E-state index is -4.53. The highest BCUT2D eigenvalue weighted by atomic mass is 19.4. The van der Waals surface area contributed by atoms with E-state index in [0.29, 0.717) is 5.56 Å². The number of halogens is 3. The number of alkyl halides is 3. The summed E-state index contributed by atoms with van der Waals surface area (Å²) in [5.74, 6) is -0.0962. The van der Waals surface area contributed by atoms with Gasteiger partial charge < -0.3 is 15.6 Å². The van der Waals surface area contributed by atoms with Crippen molar-refractivity contribution in [1.82, 2.24) is 0 Å². The van der Waals surface area contributed by atoms with Gasteiger partial charge in [-0.3, -0.25) is 0 Å². The van der Waals surface area contributed by atoms with Crippen LogP contribution in [0.5, 0.6) is 17.2 Å². The molecule has 2 aromatic carbocycles. The molecule has 0 atom stereocenters. The second kappa shape index (κ2) is 5.42. The Balaban J connectivity index is 2.38. The minimum Gasteiger partial charge on any atom is -0.508 e. The van der Waals surface area contributed by atoms with E-state index in [1.54, 1.807) is 0 Å². The molecule has 0 fully saturated rings. The van der Waals surface area contributed by atoms with Crippen LogP contribution in [0.3, 0.4) is 0 Å². The van der Waals surface area contributed by atoms with E-state index in [0.717, 1.165) is 6.07 Å². The van der Waals surface area contributed by atoms with Crippen molar-refractivity contribution in [2.45, 2.75) is 12.7 Å². The maximum absolute atomic E-state index is 13.0. The Labute approximate surface area is 113 Å². The highest BCUT2D eigenvalue weighted by Gasteiger charge is 2.34. The fraction of sp³-hybridized carbons (Fsp3) is 0.143. The standard InChI is InChI=1S/C14H12F3NO2/c15-14(16,17)12-7-9(8-18)1-6-13(12)20-11-4-2-10(19)3-5-11/h1-7,19H,8,18H2. The second-order valence-electron chi connectivity index (χ2n) is 4.13. The Morgan fingerprint density at radius 1 is 1.05 bits per heavy atom. The number of rotatable bonds is 3. The summed E-state index contributed by atoms with van der Waals surface area (Å²) in [6.45, 7) is 0.0164. The molecule has 0 aliphatic heterocycles. The molecule has 2 rings (SSSR count). The zero-order valence-corrected chi connectivity index (χ0v) is 10.3. The van der Waals surface area contributed by atoms with Crippen molar-refractivity contribution in [3.63, 3.8) is 0 Å². The van der Waals surface area contributed by atoms with Gasteiger partial charge in [-0.05, 0) is 42.0 Å². The van der Waals surface area contributed by atoms with Crippen molar-refractivity contribution < 1.29 is 23.0 Å². The molecule has 106 valence electrons. The van der Waals surface area contributed by atoms with E-state index in [1.807, 2.05) is 0 Å². The Hall–Kier alpha value is -2.21. The molecule has 3 nitrogen and oxygen atoms in total. The Morgan fingerprint density at radius 3 is 2.25 bits per heavy atom. The third-order valence-electron chi connectivity index (χ3n) is 2.65. The molecule has 6 heteroatoms. The predicted molar refractivity (Wildman–Crippen MR) is 67.5 cm³/mol. The first-order valence-electron chi connectivity index (χ1n) is 5.77. The molecule has 0 bridgehead atoms. The molecular formula is C14H12F3NO2. The van der Waals surface area contributed by atoms with Gasteiger partial charge >= 0.3 is 6.18 Å². The van der Waals surface area contributed by atoms with Crippen LogP contribution in [0.2, 0.25) is 0 Å². The van der Waals surface area contributed by atoms with Gasteiger partial charge in [0.15, 0.2) is 0 Å². The van der Waals surface area contributed by atoms with Crippen LogP contribution >= 0.6 is 0 Å². The van der Waals surface area contributed by atoms with Crippen molar-refractivity contribution in [1.29, 1.82) is 0 Å². The van der Waals surface area contributed by atoms with Crippen molar-refractivity contribution >= 4 is 0 Å². The number of benzene rings is 2. The lowest BCUT2D eigenvalue weighted by Crippen LogP contribution is -2.09. The fourth-order valence-electron chi connectivity index (χ4n) is 1.66. The molecule has 2 aromatic rings. The zero-order valence-electron chi connectivity index (χ0n) is 10.3. The first-order valence-corrected chi connectivity index (χ1v) is 5.77. The SMILES string of the molecule is NCc1ccc(Oc2ccc(O)cc2)c(C(F)(F)F)c1. The van der Waals surface area contributed by atoms with Gasteiger partial charge in [0.2, 0.25) is 0 Å². The first-order chi connectivity index (χ1) is 9.40. The smallest absolute Gasteiger partial charge is 0.419 e. The summed E-state index contributed by atoms with van der Waals surface area (Å²) in [7, 11) is 0. The van der Waals surface area contributed by atoms with Crippen LogP contribution in [-0.4, -0.2) is 5.11 Å². The molecule has 0 aromatic heterocycles. The van der Waals surface area contributed by atoms with Crippen molar-refractivity contribution in [2.75, 3.05) is 0 Å². The fourth-order valence-corrected chi connectivity index (χ4v) is 1.66. The molecule has 0 radical (unpaired) electrons. The van der Waals surface area contributed by atoms with Crippen LogP contribution in [0.4, 0.5) is 13.2 Å². The lowest BCUT2D eigenvalue weighted by Gasteiger charge is -2.15. The number of phenolic OH excluding ortho intramolecular Hbond substituents is 1. The number of hydrogen-bond acceptors (Lipinski definition) is 3. The average Bonchev–Trinajstić information content (AvgIpc) is 2.40. The van der Waals surface area contributed by atoms with Crippen LogP contribution < -0.4 is 10.5 Å². The Bertz CT molecular complexity index is 594. The summed E-state index contributed by atoms with van der Waals surface area (Å²) in [6, 6.07) is 9.10. The molecule has 0 aliphatic rings. The van der Waals surface area contributed by atoms with E-state index in [2.05, 4.69) is 0 Å². The molecule has 20 heavy (non-hydrogen) atoms. The van der Waals surface area contributed by atoms with Gasteiger partial charge in [0.05, 0.1) is 5.56 Å². The van der Waals surface area contributed by atoms with Gasteiger partial charge in [0, 0.05) is 6.54 Å². The molecule has 0 saturated carbocycles. The highest BCUT2D eigenvalue weighted by molar-refractivity contribution is 5.43. The quantitative estimate of drug-likeness (QED) is 0.903. The molecule has 0 heterocycles. The largest absolute Gasteiger partial charge is 0.508 e. The normalized spacial score (nSPS) is 11.4. The maximum atomic E-state index is 13.0.